The fourth-order valence-electron chi connectivity index (χ4n) is 3.98. The summed E-state index contributed by atoms with van der Waals surface area (Å²) in [4.78, 5) is 26.2. The molecule has 0 bridgehead atoms. The zero-order valence-electron chi connectivity index (χ0n) is 19.3. The number of hydrogen-bond donors (Lipinski definition) is 2. The number of aryl methyl sites for hydroxylation is 1. The van der Waals surface area contributed by atoms with Gasteiger partial charge in [-0.05, 0) is 42.5 Å². The van der Waals surface area contributed by atoms with E-state index in [0.29, 0.717) is 31.6 Å². The normalized spacial score (nSPS) is 17.7. The summed E-state index contributed by atoms with van der Waals surface area (Å²) in [5.41, 5.74) is 1.78. The van der Waals surface area contributed by atoms with Crippen molar-refractivity contribution in [2.45, 2.75) is 49.6 Å². The summed E-state index contributed by atoms with van der Waals surface area (Å²) in [6.45, 7) is 3.13. The van der Waals surface area contributed by atoms with Crippen molar-refractivity contribution in [3.63, 3.8) is 0 Å². The van der Waals surface area contributed by atoms with Crippen molar-refractivity contribution in [2.75, 3.05) is 26.3 Å². The highest BCUT2D eigenvalue weighted by Crippen LogP contribution is 2.24. The number of ether oxygens (including phenoxy) is 1. The fraction of sp³-hybridized carbons (Fsp3) is 0.440. The van der Waals surface area contributed by atoms with Crippen LogP contribution in [0, 0.1) is 0 Å². The molecule has 1 heterocycles. The van der Waals surface area contributed by atoms with Crippen LogP contribution in [0.15, 0.2) is 53.4 Å². The van der Waals surface area contributed by atoms with Gasteiger partial charge in [-0.1, -0.05) is 43.3 Å². The van der Waals surface area contributed by atoms with Gasteiger partial charge in [0.1, 0.15) is 6.04 Å². The van der Waals surface area contributed by atoms with Crippen LogP contribution in [-0.4, -0.2) is 62.9 Å². The summed E-state index contributed by atoms with van der Waals surface area (Å²) in [5, 5.41) is 5.79. The molecule has 0 spiro atoms. The first-order valence-corrected chi connectivity index (χ1v) is 13.2. The van der Waals surface area contributed by atoms with Gasteiger partial charge in [0.25, 0.3) is 5.91 Å². The lowest BCUT2D eigenvalue weighted by Crippen LogP contribution is -2.48. The highest BCUT2D eigenvalue weighted by molar-refractivity contribution is 7.89. The molecule has 2 aromatic rings. The number of carbonyl (C=O) groups excluding carboxylic acids is 2. The number of amides is 2. The number of benzene rings is 2. The Morgan fingerprint density at radius 3 is 2.44 bits per heavy atom. The Labute approximate surface area is 200 Å². The minimum absolute atomic E-state index is 0.131. The van der Waals surface area contributed by atoms with Gasteiger partial charge in [-0.25, -0.2) is 8.42 Å². The molecule has 2 N–H and O–H groups in total. The summed E-state index contributed by atoms with van der Waals surface area (Å²) >= 11 is 0. The van der Waals surface area contributed by atoms with E-state index in [1.54, 1.807) is 12.1 Å². The molecule has 9 heteroatoms. The maximum atomic E-state index is 13.3. The van der Waals surface area contributed by atoms with E-state index in [1.165, 1.54) is 10.4 Å². The molecule has 0 radical (unpaired) electrons. The second-order valence-electron chi connectivity index (χ2n) is 8.69. The van der Waals surface area contributed by atoms with Crippen LogP contribution in [0.2, 0.25) is 0 Å². The number of morpholine rings is 1. The molecule has 182 valence electrons. The first-order chi connectivity index (χ1) is 16.4. The van der Waals surface area contributed by atoms with Crippen molar-refractivity contribution < 1.29 is 22.7 Å². The number of nitrogens with one attached hydrogen (secondary N) is 2. The van der Waals surface area contributed by atoms with Gasteiger partial charge in [0.2, 0.25) is 15.9 Å². The van der Waals surface area contributed by atoms with E-state index in [9.17, 15) is 18.0 Å². The molecule has 2 amide bonds. The Balaban J connectivity index is 1.57. The largest absolute Gasteiger partial charge is 0.379 e. The van der Waals surface area contributed by atoms with Crippen LogP contribution >= 0.6 is 0 Å². The molecular weight excluding hydrogens is 454 g/mol. The van der Waals surface area contributed by atoms with Crippen molar-refractivity contribution in [3.05, 3.63) is 65.2 Å². The Bertz CT molecular complexity index is 1130. The molecule has 2 fully saturated rings. The van der Waals surface area contributed by atoms with Crippen LogP contribution in [0.4, 0.5) is 0 Å². The summed E-state index contributed by atoms with van der Waals surface area (Å²) in [5.74, 6) is -0.709. The van der Waals surface area contributed by atoms with E-state index in [1.807, 2.05) is 37.3 Å². The number of carbonyl (C=O) groups is 2. The average Bonchev–Trinajstić information content (AvgIpc) is 3.68. The van der Waals surface area contributed by atoms with Gasteiger partial charge in [-0.15, -0.1) is 0 Å². The SMILES string of the molecule is CCc1ccc(C(=O)NC(Cc2ccccc2)C(=O)NC2CC2)cc1S(=O)(=O)N1CCOCC1. The van der Waals surface area contributed by atoms with E-state index in [-0.39, 0.29) is 35.5 Å². The first-order valence-electron chi connectivity index (χ1n) is 11.7. The highest BCUT2D eigenvalue weighted by Gasteiger charge is 2.31. The van der Waals surface area contributed by atoms with E-state index >= 15 is 0 Å². The van der Waals surface area contributed by atoms with Gasteiger partial charge >= 0.3 is 0 Å². The molecule has 2 aromatic carbocycles. The highest BCUT2D eigenvalue weighted by atomic mass is 32.2. The zero-order chi connectivity index (χ0) is 24.1. The predicted octanol–water partition coefficient (Wildman–Crippen LogP) is 1.89. The maximum Gasteiger partial charge on any atom is 0.251 e. The number of hydrogen-bond acceptors (Lipinski definition) is 5. The summed E-state index contributed by atoms with van der Waals surface area (Å²) in [6, 6.07) is 13.6. The van der Waals surface area contributed by atoms with Crippen LogP contribution in [0.1, 0.15) is 41.3 Å². The van der Waals surface area contributed by atoms with Gasteiger partial charge in [-0.2, -0.15) is 4.31 Å². The molecule has 1 saturated heterocycles. The molecule has 4 rings (SSSR count). The first kappa shape index (κ1) is 24.4. The molecule has 34 heavy (non-hydrogen) atoms. The number of sulfonamides is 1. The van der Waals surface area contributed by atoms with E-state index in [0.717, 1.165) is 18.4 Å². The maximum absolute atomic E-state index is 13.3. The second-order valence-corrected chi connectivity index (χ2v) is 10.6. The van der Waals surface area contributed by atoms with Crippen LogP contribution < -0.4 is 10.6 Å². The lowest BCUT2D eigenvalue weighted by atomic mass is 10.0. The lowest BCUT2D eigenvalue weighted by molar-refractivity contribution is -0.123. The Morgan fingerprint density at radius 2 is 1.79 bits per heavy atom. The molecule has 1 aliphatic heterocycles. The Morgan fingerprint density at radius 1 is 1.09 bits per heavy atom. The van der Waals surface area contributed by atoms with E-state index < -0.39 is 22.0 Å². The van der Waals surface area contributed by atoms with E-state index in [2.05, 4.69) is 10.6 Å². The third-order valence-corrected chi connectivity index (χ3v) is 8.11. The van der Waals surface area contributed by atoms with Crippen LogP contribution in [0.3, 0.4) is 0 Å². The minimum atomic E-state index is -3.77. The predicted molar refractivity (Wildman–Crippen MR) is 128 cm³/mol. The summed E-state index contributed by atoms with van der Waals surface area (Å²) in [6.07, 6.45) is 2.75. The number of nitrogens with zero attached hydrogens (tertiary/aromatic N) is 1. The van der Waals surface area contributed by atoms with Gasteiger partial charge in [0.05, 0.1) is 18.1 Å². The van der Waals surface area contributed by atoms with Crippen molar-refractivity contribution in [1.29, 1.82) is 0 Å². The number of rotatable bonds is 9. The molecule has 1 unspecified atom stereocenters. The lowest BCUT2D eigenvalue weighted by Gasteiger charge is -2.27. The molecular formula is C25H31N3O5S. The molecule has 1 saturated carbocycles. The topological polar surface area (TPSA) is 105 Å². The third-order valence-electron chi connectivity index (χ3n) is 6.13. The van der Waals surface area contributed by atoms with Gasteiger partial charge in [-0.3, -0.25) is 9.59 Å². The zero-order valence-corrected chi connectivity index (χ0v) is 20.1. The van der Waals surface area contributed by atoms with Crippen molar-refractivity contribution in [2.24, 2.45) is 0 Å². The fourth-order valence-corrected chi connectivity index (χ4v) is 5.71. The van der Waals surface area contributed by atoms with Gasteiger partial charge in [0.15, 0.2) is 0 Å². The summed E-state index contributed by atoms with van der Waals surface area (Å²) in [7, 11) is -3.77. The average molecular weight is 486 g/mol. The quantitative estimate of drug-likeness (QED) is 0.564. The monoisotopic (exact) mass is 485 g/mol. The molecule has 1 atom stereocenters. The van der Waals surface area contributed by atoms with E-state index in [4.69, 9.17) is 4.74 Å². The van der Waals surface area contributed by atoms with Crippen LogP contribution in [0.5, 0.6) is 0 Å². The van der Waals surface area contributed by atoms with Crippen molar-refractivity contribution in [3.8, 4) is 0 Å². The van der Waals surface area contributed by atoms with Crippen molar-refractivity contribution in [1.82, 2.24) is 14.9 Å². The molecule has 8 nitrogen and oxygen atoms in total. The standard InChI is InChI=1S/C25H31N3O5S/c1-2-19-8-9-20(17-23(19)34(31,32)28-12-14-33-15-13-28)24(29)27-22(25(30)26-21-10-11-21)16-18-6-4-3-5-7-18/h3-9,17,21-22H,2,10-16H2,1H3,(H,26,30)(H,27,29). The molecule has 2 aliphatic rings. The second kappa shape index (κ2) is 10.7. The Kier molecular flexibility index (Phi) is 7.65. The smallest absolute Gasteiger partial charge is 0.251 e. The van der Waals surface area contributed by atoms with Gasteiger partial charge in [0, 0.05) is 31.1 Å². The van der Waals surface area contributed by atoms with Crippen molar-refractivity contribution >= 4 is 21.8 Å². The molecule has 1 aliphatic carbocycles. The molecule has 0 aromatic heterocycles. The summed E-state index contributed by atoms with van der Waals surface area (Å²) < 4.78 is 33.3. The Hall–Kier alpha value is -2.75. The van der Waals surface area contributed by atoms with Crippen LogP contribution in [-0.2, 0) is 32.4 Å². The van der Waals surface area contributed by atoms with Crippen LogP contribution in [0.25, 0.3) is 0 Å². The minimum Gasteiger partial charge on any atom is -0.379 e. The third kappa shape index (κ3) is 5.84. The van der Waals surface area contributed by atoms with Gasteiger partial charge < -0.3 is 15.4 Å².